The Labute approximate surface area is 108 Å². The lowest BCUT2D eigenvalue weighted by Gasteiger charge is -2.10. The van der Waals surface area contributed by atoms with E-state index in [0.29, 0.717) is 5.92 Å². The molecule has 18 heavy (non-hydrogen) atoms. The summed E-state index contributed by atoms with van der Waals surface area (Å²) in [5, 5.41) is 7.17. The quantitative estimate of drug-likeness (QED) is 0.849. The molecule has 1 aromatic carbocycles. The van der Waals surface area contributed by atoms with Crippen LogP contribution < -0.4 is 5.73 Å². The summed E-state index contributed by atoms with van der Waals surface area (Å²) in [5.74, 6) is 2.15. The number of nitrogens with two attached hydrogens (primary N) is 1. The topological polar surface area (TPSA) is 67.6 Å². The van der Waals surface area contributed by atoms with E-state index in [1.807, 2.05) is 18.2 Å². The highest BCUT2D eigenvalue weighted by Crippen LogP contribution is 2.16. The summed E-state index contributed by atoms with van der Waals surface area (Å²) in [6.07, 6.45) is 1.70. The van der Waals surface area contributed by atoms with Crippen LogP contribution in [-0.4, -0.2) is 15.2 Å². The van der Waals surface area contributed by atoms with Crippen LogP contribution in [-0.2, 0) is 6.42 Å². The normalized spacial score (nSPS) is 12.9. The molecule has 0 fully saturated rings. The number of nitrogens with zero attached hydrogens (tertiary/aromatic N) is 2. The average Bonchev–Trinajstić information content (AvgIpc) is 2.86. The molecule has 4 nitrogen and oxygen atoms in total. The van der Waals surface area contributed by atoms with Crippen LogP contribution in [0.1, 0.15) is 49.4 Å². The van der Waals surface area contributed by atoms with Crippen molar-refractivity contribution in [2.75, 3.05) is 0 Å². The van der Waals surface area contributed by atoms with E-state index in [0.717, 1.165) is 24.5 Å². The summed E-state index contributed by atoms with van der Waals surface area (Å²) in [4.78, 5) is 4.45. The molecule has 0 aliphatic heterocycles. The van der Waals surface area contributed by atoms with Crippen LogP contribution in [0.5, 0.6) is 0 Å². The van der Waals surface area contributed by atoms with Crippen LogP contribution in [0.15, 0.2) is 30.3 Å². The van der Waals surface area contributed by atoms with Crippen molar-refractivity contribution in [3.63, 3.8) is 0 Å². The van der Waals surface area contributed by atoms with E-state index in [4.69, 9.17) is 5.73 Å². The van der Waals surface area contributed by atoms with E-state index in [9.17, 15) is 0 Å². The van der Waals surface area contributed by atoms with Gasteiger partial charge in [-0.05, 0) is 12.0 Å². The van der Waals surface area contributed by atoms with E-state index >= 15 is 0 Å². The van der Waals surface area contributed by atoms with Crippen molar-refractivity contribution in [1.29, 1.82) is 0 Å². The van der Waals surface area contributed by atoms with E-state index in [1.54, 1.807) is 0 Å². The molecule has 1 aromatic heterocycles. The second-order valence-corrected chi connectivity index (χ2v) is 4.85. The van der Waals surface area contributed by atoms with Crippen molar-refractivity contribution in [3.05, 3.63) is 47.5 Å². The number of rotatable bonds is 5. The molecule has 2 aromatic rings. The van der Waals surface area contributed by atoms with Crippen LogP contribution in [0.2, 0.25) is 0 Å². The summed E-state index contributed by atoms with van der Waals surface area (Å²) < 4.78 is 0. The fraction of sp³-hybridized carbons (Fsp3) is 0.429. The molecule has 0 aliphatic carbocycles. The highest BCUT2D eigenvalue weighted by molar-refractivity contribution is 5.18. The Bertz CT molecular complexity index is 476. The summed E-state index contributed by atoms with van der Waals surface area (Å²) in [5.41, 5.74) is 7.32. The molecule has 1 unspecified atom stereocenters. The van der Waals surface area contributed by atoms with Gasteiger partial charge in [-0.15, -0.1) is 0 Å². The minimum atomic E-state index is 0.0544. The molecule has 0 amide bonds. The first-order valence-electron chi connectivity index (χ1n) is 6.38. The number of aromatic amines is 1. The average molecular weight is 244 g/mol. The highest BCUT2D eigenvalue weighted by atomic mass is 15.2. The lowest BCUT2D eigenvalue weighted by Crippen LogP contribution is -2.11. The summed E-state index contributed by atoms with van der Waals surface area (Å²) in [6, 6.07) is 10.2. The van der Waals surface area contributed by atoms with E-state index in [-0.39, 0.29) is 6.04 Å². The van der Waals surface area contributed by atoms with Gasteiger partial charge in [-0.25, -0.2) is 4.98 Å². The molecule has 4 heteroatoms. The molecular weight excluding hydrogens is 224 g/mol. The third kappa shape index (κ3) is 3.17. The Hall–Kier alpha value is -1.68. The third-order valence-electron chi connectivity index (χ3n) is 2.99. The van der Waals surface area contributed by atoms with Crippen molar-refractivity contribution in [3.8, 4) is 0 Å². The zero-order chi connectivity index (χ0) is 13.0. The summed E-state index contributed by atoms with van der Waals surface area (Å²) in [7, 11) is 0. The van der Waals surface area contributed by atoms with Gasteiger partial charge >= 0.3 is 0 Å². The number of benzene rings is 1. The molecule has 0 saturated carbocycles. The maximum atomic E-state index is 6.15. The molecule has 2 rings (SSSR count). The van der Waals surface area contributed by atoms with Crippen LogP contribution >= 0.6 is 0 Å². The van der Waals surface area contributed by atoms with E-state index in [1.165, 1.54) is 5.56 Å². The minimum Gasteiger partial charge on any atom is -0.324 e. The van der Waals surface area contributed by atoms with Crippen molar-refractivity contribution >= 4 is 0 Å². The van der Waals surface area contributed by atoms with Crippen molar-refractivity contribution in [2.24, 2.45) is 5.73 Å². The van der Waals surface area contributed by atoms with Gasteiger partial charge in [0.2, 0.25) is 0 Å². The van der Waals surface area contributed by atoms with Gasteiger partial charge < -0.3 is 5.73 Å². The van der Waals surface area contributed by atoms with Crippen molar-refractivity contribution in [1.82, 2.24) is 15.2 Å². The van der Waals surface area contributed by atoms with Gasteiger partial charge in [0.05, 0.1) is 0 Å². The van der Waals surface area contributed by atoms with Gasteiger partial charge in [0.15, 0.2) is 5.82 Å². The van der Waals surface area contributed by atoms with Gasteiger partial charge in [0.1, 0.15) is 5.82 Å². The summed E-state index contributed by atoms with van der Waals surface area (Å²) in [6.45, 7) is 4.17. The number of hydrogen-bond donors (Lipinski definition) is 2. The Kier molecular flexibility index (Phi) is 4.10. The van der Waals surface area contributed by atoms with Gasteiger partial charge in [0, 0.05) is 18.4 Å². The summed E-state index contributed by atoms with van der Waals surface area (Å²) >= 11 is 0. The first-order valence-corrected chi connectivity index (χ1v) is 6.38. The molecule has 0 spiro atoms. The standard InChI is InChI=1S/C14H20N4/c1-10(2)14-16-13(17-18-14)9-8-12(15)11-6-4-3-5-7-11/h3-7,10,12H,8-9,15H2,1-2H3,(H,16,17,18). The smallest absolute Gasteiger partial charge is 0.153 e. The van der Waals surface area contributed by atoms with Crippen LogP contribution in [0.4, 0.5) is 0 Å². The molecule has 0 aliphatic rings. The maximum Gasteiger partial charge on any atom is 0.153 e. The largest absolute Gasteiger partial charge is 0.324 e. The molecule has 0 bridgehead atoms. The molecule has 0 radical (unpaired) electrons. The fourth-order valence-electron chi connectivity index (χ4n) is 1.84. The van der Waals surface area contributed by atoms with Gasteiger partial charge in [-0.1, -0.05) is 44.2 Å². The molecule has 96 valence electrons. The van der Waals surface area contributed by atoms with Crippen molar-refractivity contribution in [2.45, 2.75) is 38.6 Å². The Morgan fingerprint density at radius 3 is 2.56 bits per heavy atom. The number of aryl methyl sites for hydroxylation is 1. The number of nitrogens with one attached hydrogen (secondary N) is 1. The lowest BCUT2D eigenvalue weighted by atomic mass is 10.0. The second-order valence-electron chi connectivity index (χ2n) is 4.85. The predicted octanol–water partition coefficient (Wildman–Crippen LogP) is 2.56. The number of aromatic nitrogens is 3. The Balaban J connectivity index is 1.91. The van der Waals surface area contributed by atoms with Crippen LogP contribution in [0, 0.1) is 0 Å². The number of H-pyrrole nitrogens is 1. The predicted molar refractivity (Wildman–Crippen MR) is 72.2 cm³/mol. The van der Waals surface area contributed by atoms with E-state index < -0.39 is 0 Å². The van der Waals surface area contributed by atoms with Crippen molar-refractivity contribution < 1.29 is 0 Å². The molecule has 3 N–H and O–H groups in total. The Morgan fingerprint density at radius 2 is 1.94 bits per heavy atom. The van der Waals surface area contributed by atoms with Crippen LogP contribution in [0.25, 0.3) is 0 Å². The number of hydrogen-bond acceptors (Lipinski definition) is 3. The zero-order valence-corrected chi connectivity index (χ0v) is 10.9. The molecule has 1 atom stereocenters. The maximum absolute atomic E-state index is 6.15. The van der Waals surface area contributed by atoms with E-state index in [2.05, 4.69) is 41.2 Å². The molecular formula is C14H20N4. The third-order valence-corrected chi connectivity index (χ3v) is 2.99. The first-order chi connectivity index (χ1) is 8.66. The second kappa shape index (κ2) is 5.78. The zero-order valence-electron chi connectivity index (χ0n) is 10.9. The fourth-order valence-corrected chi connectivity index (χ4v) is 1.84. The molecule has 0 saturated heterocycles. The minimum absolute atomic E-state index is 0.0544. The molecule has 1 heterocycles. The monoisotopic (exact) mass is 244 g/mol. The van der Waals surface area contributed by atoms with Crippen LogP contribution in [0.3, 0.4) is 0 Å². The lowest BCUT2D eigenvalue weighted by molar-refractivity contribution is 0.635. The van der Waals surface area contributed by atoms with Gasteiger partial charge in [0.25, 0.3) is 0 Å². The Morgan fingerprint density at radius 1 is 1.22 bits per heavy atom. The highest BCUT2D eigenvalue weighted by Gasteiger charge is 2.09. The SMILES string of the molecule is CC(C)c1n[nH]c(CCC(N)c2ccccc2)n1. The first kappa shape index (κ1) is 12.8. The van der Waals surface area contributed by atoms with Gasteiger partial charge in [-0.3, -0.25) is 5.10 Å². The van der Waals surface area contributed by atoms with Gasteiger partial charge in [-0.2, -0.15) is 5.10 Å².